The molecule has 0 aliphatic carbocycles. The van der Waals surface area contributed by atoms with Crippen molar-refractivity contribution in [3.8, 4) is 5.69 Å². The molecule has 10 heteroatoms. The predicted octanol–water partition coefficient (Wildman–Crippen LogP) is 1.01. The van der Waals surface area contributed by atoms with Gasteiger partial charge in [0.1, 0.15) is 18.2 Å². The zero-order chi connectivity index (χ0) is 21.2. The van der Waals surface area contributed by atoms with Gasteiger partial charge in [-0.2, -0.15) is 10.1 Å². The molecular weight excluding hydrogens is 374 g/mol. The number of likely N-dealkylation sites (N-methyl/N-ethyl adjacent to an activating group) is 1. The van der Waals surface area contributed by atoms with Crippen molar-refractivity contribution in [2.75, 3.05) is 13.6 Å². The fourth-order valence-corrected chi connectivity index (χ4v) is 3.05. The van der Waals surface area contributed by atoms with Gasteiger partial charge in [0, 0.05) is 6.04 Å². The highest BCUT2D eigenvalue weighted by Gasteiger charge is 2.47. The van der Waals surface area contributed by atoms with Crippen LogP contribution in [0, 0.1) is 0 Å². The number of amides is 4. The molecule has 4 amide bonds. The summed E-state index contributed by atoms with van der Waals surface area (Å²) in [4.78, 5) is 42.6. The Balaban J connectivity index is 1.59. The van der Waals surface area contributed by atoms with Crippen LogP contribution in [0.3, 0.4) is 0 Å². The van der Waals surface area contributed by atoms with Gasteiger partial charge in [-0.15, -0.1) is 0 Å². The van der Waals surface area contributed by atoms with Crippen LogP contribution in [0.5, 0.6) is 0 Å². The minimum absolute atomic E-state index is 0.0197. The summed E-state index contributed by atoms with van der Waals surface area (Å²) in [6.07, 6.45) is 3.52. The van der Waals surface area contributed by atoms with E-state index in [4.69, 9.17) is 0 Å². The predicted molar refractivity (Wildman–Crippen MR) is 105 cm³/mol. The van der Waals surface area contributed by atoms with Crippen LogP contribution in [0.25, 0.3) is 5.69 Å². The van der Waals surface area contributed by atoms with E-state index in [1.807, 2.05) is 36.1 Å². The second-order valence-corrected chi connectivity index (χ2v) is 7.31. The molecule has 1 aromatic carbocycles. The number of nitrogens with one attached hydrogen (secondary N) is 2. The number of imide groups is 1. The van der Waals surface area contributed by atoms with Crippen LogP contribution in [0.4, 0.5) is 4.79 Å². The van der Waals surface area contributed by atoms with Crippen molar-refractivity contribution in [3.05, 3.63) is 42.5 Å². The van der Waals surface area contributed by atoms with Gasteiger partial charge in [0.05, 0.1) is 12.2 Å². The van der Waals surface area contributed by atoms with Crippen molar-refractivity contribution in [2.24, 2.45) is 0 Å². The summed E-state index contributed by atoms with van der Waals surface area (Å²) >= 11 is 0. The molecule has 0 radical (unpaired) electrons. The van der Waals surface area contributed by atoms with E-state index >= 15 is 0 Å². The molecule has 29 heavy (non-hydrogen) atoms. The van der Waals surface area contributed by atoms with Gasteiger partial charge in [-0.25, -0.2) is 14.5 Å². The Morgan fingerprint density at radius 1 is 1.31 bits per heavy atom. The van der Waals surface area contributed by atoms with Crippen molar-refractivity contribution in [1.29, 1.82) is 0 Å². The molecule has 1 fully saturated rings. The maximum Gasteiger partial charge on any atom is 0.344 e. The summed E-state index contributed by atoms with van der Waals surface area (Å²) in [5, 5.41) is 7.45. The second-order valence-electron chi connectivity index (χ2n) is 7.31. The van der Waals surface area contributed by atoms with E-state index in [0.29, 0.717) is 6.42 Å². The standard InChI is InChI=1S/C19H25N7O3/c1-5-19(3)17(28)26(18(29)22-19)23-16(27)10-24(4)13(2)14-6-8-15(9-7-14)25-12-20-11-21-25/h6-9,11-13H,5,10H2,1-4H3,(H,22,29)(H,23,27)/t13-,19-/m0/s1. The Morgan fingerprint density at radius 3 is 2.55 bits per heavy atom. The average Bonchev–Trinajstić information content (AvgIpc) is 3.31. The molecule has 3 rings (SSSR count). The van der Waals surface area contributed by atoms with Gasteiger partial charge in [-0.3, -0.25) is 19.9 Å². The molecule has 2 aromatic rings. The highest BCUT2D eigenvalue weighted by Crippen LogP contribution is 2.21. The summed E-state index contributed by atoms with van der Waals surface area (Å²) in [6.45, 7) is 5.43. The summed E-state index contributed by atoms with van der Waals surface area (Å²) in [5.74, 6) is -0.903. The molecule has 0 bridgehead atoms. The van der Waals surface area contributed by atoms with Gasteiger partial charge in [0.2, 0.25) is 0 Å². The number of hydrogen-bond acceptors (Lipinski definition) is 6. The molecule has 154 valence electrons. The lowest BCUT2D eigenvalue weighted by Gasteiger charge is -2.25. The van der Waals surface area contributed by atoms with Crippen molar-refractivity contribution >= 4 is 17.8 Å². The van der Waals surface area contributed by atoms with Gasteiger partial charge >= 0.3 is 6.03 Å². The van der Waals surface area contributed by atoms with Crippen molar-refractivity contribution in [1.82, 2.24) is 35.4 Å². The fourth-order valence-electron chi connectivity index (χ4n) is 3.05. The quantitative estimate of drug-likeness (QED) is 0.672. The molecule has 0 spiro atoms. The van der Waals surface area contributed by atoms with Crippen molar-refractivity contribution in [3.63, 3.8) is 0 Å². The Morgan fingerprint density at radius 2 is 2.00 bits per heavy atom. The zero-order valence-corrected chi connectivity index (χ0v) is 16.9. The number of benzene rings is 1. The smallest absolute Gasteiger partial charge is 0.322 e. The molecule has 2 atom stereocenters. The monoisotopic (exact) mass is 399 g/mol. The summed E-state index contributed by atoms with van der Waals surface area (Å²) < 4.78 is 1.66. The normalized spacial score (nSPS) is 20.1. The van der Waals surface area contributed by atoms with E-state index in [-0.39, 0.29) is 12.6 Å². The molecule has 10 nitrogen and oxygen atoms in total. The minimum Gasteiger partial charge on any atom is -0.322 e. The first-order chi connectivity index (χ1) is 13.7. The van der Waals surface area contributed by atoms with E-state index in [0.717, 1.165) is 16.3 Å². The topological polar surface area (TPSA) is 112 Å². The number of carbonyl (C=O) groups excluding carboxylic acids is 3. The SMILES string of the molecule is CC[C@]1(C)NC(=O)N(NC(=O)CN(C)[C@@H](C)c2ccc(-n3cncn3)cc2)C1=O. The molecule has 1 aromatic heterocycles. The molecule has 0 saturated carbocycles. The Bertz CT molecular complexity index is 897. The summed E-state index contributed by atoms with van der Waals surface area (Å²) in [5.41, 5.74) is 3.31. The Hall–Kier alpha value is -3.27. The number of rotatable bonds is 7. The highest BCUT2D eigenvalue weighted by atomic mass is 16.2. The van der Waals surface area contributed by atoms with Crippen LogP contribution >= 0.6 is 0 Å². The number of hydrazine groups is 1. The third-order valence-electron chi connectivity index (χ3n) is 5.32. The van der Waals surface area contributed by atoms with E-state index < -0.39 is 23.4 Å². The number of hydrogen-bond donors (Lipinski definition) is 2. The van der Waals surface area contributed by atoms with E-state index in [9.17, 15) is 14.4 Å². The number of carbonyl (C=O) groups is 3. The van der Waals surface area contributed by atoms with Gasteiger partial charge in [0.25, 0.3) is 11.8 Å². The molecular formula is C19H25N7O3. The zero-order valence-electron chi connectivity index (χ0n) is 16.9. The lowest BCUT2D eigenvalue weighted by molar-refractivity contribution is -0.139. The number of nitrogens with zero attached hydrogens (tertiary/aromatic N) is 5. The first-order valence-corrected chi connectivity index (χ1v) is 9.36. The fraction of sp³-hybridized carbons (Fsp3) is 0.421. The highest BCUT2D eigenvalue weighted by molar-refractivity contribution is 6.07. The molecule has 1 saturated heterocycles. The van der Waals surface area contributed by atoms with Crippen LogP contribution in [-0.2, 0) is 9.59 Å². The van der Waals surface area contributed by atoms with Crippen LogP contribution in [0.1, 0.15) is 38.8 Å². The van der Waals surface area contributed by atoms with Crippen LogP contribution in [0.2, 0.25) is 0 Å². The van der Waals surface area contributed by atoms with Gasteiger partial charge in [-0.1, -0.05) is 19.1 Å². The minimum atomic E-state index is -0.991. The molecule has 1 aliphatic heterocycles. The Kier molecular flexibility index (Phi) is 5.64. The summed E-state index contributed by atoms with van der Waals surface area (Å²) in [6, 6.07) is 7.09. The maximum absolute atomic E-state index is 12.4. The number of urea groups is 1. The first-order valence-electron chi connectivity index (χ1n) is 9.36. The molecule has 2 N–H and O–H groups in total. The van der Waals surface area contributed by atoms with Gasteiger partial charge in [0.15, 0.2) is 0 Å². The van der Waals surface area contributed by atoms with E-state index in [1.54, 1.807) is 31.9 Å². The van der Waals surface area contributed by atoms with Gasteiger partial charge in [-0.05, 0) is 45.0 Å². The van der Waals surface area contributed by atoms with E-state index in [1.165, 1.54) is 6.33 Å². The molecule has 2 heterocycles. The van der Waals surface area contributed by atoms with Crippen LogP contribution < -0.4 is 10.7 Å². The van der Waals surface area contributed by atoms with Crippen LogP contribution in [0.15, 0.2) is 36.9 Å². The van der Waals surface area contributed by atoms with Crippen molar-refractivity contribution in [2.45, 2.75) is 38.8 Å². The third-order valence-corrected chi connectivity index (χ3v) is 5.32. The largest absolute Gasteiger partial charge is 0.344 e. The molecule has 1 aliphatic rings. The van der Waals surface area contributed by atoms with Crippen LogP contribution in [-0.4, -0.2) is 61.7 Å². The number of aromatic nitrogens is 3. The van der Waals surface area contributed by atoms with Crippen molar-refractivity contribution < 1.29 is 14.4 Å². The van der Waals surface area contributed by atoms with Gasteiger partial charge < -0.3 is 5.32 Å². The average molecular weight is 399 g/mol. The summed E-state index contributed by atoms with van der Waals surface area (Å²) in [7, 11) is 1.80. The second kappa shape index (κ2) is 8.00. The Labute approximate surface area is 168 Å². The maximum atomic E-state index is 12.4. The van der Waals surface area contributed by atoms with E-state index in [2.05, 4.69) is 20.8 Å². The molecule has 0 unspecified atom stereocenters. The third kappa shape index (κ3) is 4.11. The first kappa shape index (κ1) is 20.5. The lowest BCUT2D eigenvalue weighted by atomic mass is 10.00. The lowest BCUT2D eigenvalue weighted by Crippen LogP contribution is -2.51.